The number of hydrogen-bond donors (Lipinski definition) is 1. The van der Waals surface area contributed by atoms with Gasteiger partial charge >= 0.3 is 0 Å². The minimum absolute atomic E-state index is 0.203. The molecule has 1 N–H and O–H groups in total. The molecular weight excluding hydrogens is 214 g/mol. The molecule has 1 aliphatic heterocycles. The fraction of sp³-hybridized carbons (Fsp3) is 0.929. The SMILES string of the molecule is CC1CC1.CCCNC(=O)CC1CCOCC1. The lowest BCUT2D eigenvalue weighted by Crippen LogP contribution is -2.28. The van der Waals surface area contributed by atoms with Gasteiger partial charge in [0.15, 0.2) is 0 Å². The predicted octanol–water partition coefficient (Wildman–Crippen LogP) is 2.75. The van der Waals surface area contributed by atoms with E-state index in [0.29, 0.717) is 12.3 Å². The number of carbonyl (C=O) groups is 1. The summed E-state index contributed by atoms with van der Waals surface area (Å²) in [4.78, 5) is 11.3. The predicted molar refractivity (Wildman–Crippen MR) is 69.9 cm³/mol. The summed E-state index contributed by atoms with van der Waals surface area (Å²) in [6.45, 7) is 6.80. The van der Waals surface area contributed by atoms with Crippen LogP contribution in [0, 0.1) is 11.8 Å². The van der Waals surface area contributed by atoms with E-state index in [4.69, 9.17) is 4.74 Å². The Morgan fingerprint density at radius 2 is 1.82 bits per heavy atom. The van der Waals surface area contributed by atoms with E-state index in [1.807, 2.05) is 0 Å². The van der Waals surface area contributed by atoms with E-state index in [1.54, 1.807) is 0 Å². The standard InChI is InChI=1S/C10H19NO2.C4H8/c1-2-5-11-10(12)8-9-3-6-13-7-4-9;1-4-2-3-4/h9H,2-8H2,1H3,(H,11,12);4H,2-3H2,1H3. The smallest absolute Gasteiger partial charge is 0.220 e. The molecule has 0 aromatic heterocycles. The number of carbonyl (C=O) groups excluding carboxylic acids is 1. The number of hydrogen-bond acceptors (Lipinski definition) is 2. The molecule has 0 atom stereocenters. The number of ether oxygens (including phenoxy) is 1. The lowest BCUT2D eigenvalue weighted by molar-refractivity contribution is -0.122. The summed E-state index contributed by atoms with van der Waals surface area (Å²) < 4.78 is 5.23. The van der Waals surface area contributed by atoms with E-state index in [0.717, 1.165) is 44.9 Å². The van der Waals surface area contributed by atoms with Gasteiger partial charge in [-0.25, -0.2) is 0 Å². The van der Waals surface area contributed by atoms with Gasteiger partial charge in [0.25, 0.3) is 0 Å². The first kappa shape index (κ1) is 14.5. The van der Waals surface area contributed by atoms with Crippen LogP contribution < -0.4 is 5.32 Å². The third-order valence-corrected chi connectivity index (χ3v) is 3.25. The van der Waals surface area contributed by atoms with Gasteiger partial charge in [0.1, 0.15) is 0 Å². The summed E-state index contributed by atoms with van der Waals surface area (Å²) in [5, 5.41) is 2.90. The first-order valence-electron chi connectivity index (χ1n) is 7.06. The Labute approximate surface area is 105 Å². The maximum absolute atomic E-state index is 11.3. The van der Waals surface area contributed by atoms with E-state index in [1.165, 1.54) is 12.8 Å². The summed E-state index contributed by atoms with van der Waals surface area (Å²) in [6, 6.07) is 0. The van der Waals surface area contributed by atoms with Crippen LogP contribution in [0.3, 0.4) is 0 Å². The minimum atomic E-state index is 0.203. The van der Waals surface area contributed by atoms with Crippen molar-refractivity contribution in [2.24, 2.45) is 11.8 Å². The molecule has 0 unspecified atom stereocenters. The zero-order chi connectivity index (χ0) is 12.5. The van der Waals surface area contributed by atoms with Crippen molar-refractivity contribution in [1.29, 1.82) is 0 Å². The van der Waals surface area contributed by atoms with Gasteiger partial charge in [0.05, 0.1) is 0 Å². The summed E-state index contributed by atoms with van der Waals surface area (Å²) in [6.07, 6.45) is 6.75. The maximum atomic E-state index is 11.3. The lowest BCUT2D eigenvalue weighted by atomic mass is 9.96. The fourth-order valence-electron chi connectivity index (χ4n) is 1.72. The van der Waals surface area contributed by atoms with Gasteiger partial charge in [-0.05, 0) is 31.1 Å². The van der Waals surface area contributed by atoms with E-state index < -0.39 is 0 Å². The van der Waals surface area contributed by atoms with Crippen molar-refractivity contribution in [3.8, 4) is 0 Å². The van der Waals surface area contributed by atoms with Gasteiger partial charge in [-0.15, -0.1) is 0 Å². The zero-order valence-electron chi connectivity index (χ0n) is 11.3. The lowest BCUT2D eigenvalue weighted by Gasteiger charge is -2.21. The van der Waals surface area contributed by atoms with Gasteiger partial charge < -0.3 is 10.1 Å². The first-order valence-corrected chi connectivity index (χ1v) is 7.06. The highest BCUT2D eigenvalue weighted by Crippen LogP contribution is 2.26. The molecule has 1 heterocycles. The molecule has 0 aromatic carbocycles. The zero-order valence-corrected chi connectivity index (χ0v) is 11.3. The third-order valence-electron chi connectivity index (χ3n) is 3.25. The molecule has 3 heteroatoms. The largest absolute Gasteiger partial charge is 0.381 e. The van der Waals surface area contributed by atoms with Crippen molar-refractivity contribution in [2.75, 3.05) is 19.8 Å². The molecule has 0 radical (unpaired) electrons. The molecule has 100 valence electrons. The van der Waals surface area contributed by atoms with E-state index >= 15 is 0 Å². The minimum Gasteiger partial charge on any atom is -0.381 e. The molecule has 1 aliphatic carbocycles. The van der Waals surface area contributed by atoms with E-state index in [-0.39, 0.29) is 5.91 Å². The Hall–Kier alpha value is -0.570. The van der Waals surface area contributed by atoms with Crippen LogP contribution in [0.15, 0.2) is 0 Å². The van der Waals surface area contributed by atoms with Gasteiger partial charge in [0, 0.05) is 26.2 Å². The number of rotatable bonds is 4. The molecule has 1 amide bonds. The quantitative estimate of drug-likeness (QED) is 0.822. The topological polar surface area (TPSA) is 38.3 Å². The fourth-order valence-corrected chi connectivity index (χ4v) is 1.72. The Morgan fingerprint density at radius 3 is 2.29 bits per heavy atom. The molecule has 2 aliphatic rings. The second-order valence-corrected chi connectivity index (χ2v) is 5.29. The van der Waals surface area contributed by atoms with Crippen LogP contribution in [-0.4, -0.2) is 25.7 Å². The summed E-state index contributed by atoms with van der Waals surface area (Å²) in [5.41, 5.74) is 0. The highest BCUT2D eigenvalue weighted by atomic mass is 16.5. The highest BCUT2D eigenvalue weighted by Gasteiger charge is 2.16. The number of amides is 1. The maximum Gasteiger partial charge on any atom is 0.220 e. The average Bonchev–Trinajstić information content (AvgIpc) is 3.11. The summed E-state index contributed by atoms with van der Waals surface area (Å²) in [5.74, 6) is 1.83. The monoisotopic (exact) mass is 241 g/mol. The van der Waals surface area contributed by atoms with Gasteiger partial charge in [-0.2, -0.15) is 0 Å². The second-order valence-electron chi connectivity index (χ2n) is 5.29. The molecular formula is C14H27NO2. The molecule has 1 saturated heterocycles. The van der Waals surface area contributed by atoms with Crippen molar-refractivity contribution in [2.45, 2.75) is 52.4 Å². The van der Waals surface area contributed by atoms with Crippen LogP contribution >= 0.6 is 0 Å². The van der Waals surface area contributed by atoms with E-state index in [9.17, 15) is 4.79 Å². The van der Waals surface area contributed by atoms with Crippen molar-refractivity contribution in [3.63, 3.8) is 0 Å². The number of nitrogens with one attached hydrogen (secondary N) is 1. The molecule has 3 nitrogen and oxygen atoms in total. The first-order chi connectivity index (χ1) is 8.22. The Kier molecular flexibility index (Phi) is 7.25. The van der Waals surface area contributed by atoms with Crippen LogP contribution in [0.4, 0.5) is 0 Å². The summed E-state index contributed by atoms with van der Waals surface area (Å²) >= 11 is 0. The Morgan fingerprint density at radius 1 is 1.24 bits per heavy atom. The molecule has 0 aromatic rings. The molecule has 0 spiro atoms. The van der Waals surface area contributed by atoms with E-state index in [2.05, 4.69) is 19.2 Å². The van der Waals surface area contributed by atoms with Gasteiger partial charge in [-0.3, -0.25) is 4.79 Å². The van der Waals surface area contributed by atoms with Crippen molar-refractivity contribution in [1.82, 2.24) is 5.32 Å². The van der Waals surface area contributed by atoms with Gasteiger partial charge in [0.2, 0.25) is 5.91 Å². The van der Waals surface area contributed by atoms with Crippen LogP contribution in [0.5, 0.6) is 0 Å². The normalized spacial score (nSPS) is 20.4. The Balaban J connectivity index is 0.000000302. The van der Waals surface area contributed by atoms with Crippen molar-refractivity contribution in [3.05, 3.63) is 0 Å². The van der Waals surface area contributed by atoms with Crippen LogP contribution in [0.2, 0.25) is 0 Å². The molecule has 17 heavy (non-hydrogen) atoms. The Bertz CT molecular complexity index is 208. The van der Waals surface area contributed by atoms with Crippen molar-refractivity contribution >= 4 is 5.91 Å². The second kappa shape index (κ2) is 8.51. The molecule has 2 fully saturated rings. The molecule has 2 rings (SSSR count). The van der Waals surface area contributed by atoms with Crippen LogP contribution in [0.25, 0.3) is 0 Å². The van der Waals surface area contributed by atoms with Crippen LogP contribution in [-0.2, 0) is 9.53 Å². The molecule has 0 bridgehead atoms. The van der Waals surface area contributed by atoms with Crippen LogP contribution in [0.1, 0.15) is 52.4 Å². The van der Waals surface area contributed by atoms with Gasteiger partial charge in [-0.1, -0.05) is 26.7 Å². The molecule has 1 saturated carbocycles. The summed E-state index contributed by atoms with van der Waals surface area (Å²) in [7, 11) is 0. The third kappa shape index (κ3) is 8.19. The van der Waals surface area contributed by atoms with Crippen molar-refractivity contribution < 1.29 is 9.53 Å². The highest BCUT2D eigenvalue weighted by molar-refractivity contribution is 5.76. The average molecular weight is 241 g/mol.